The number of nitrogens with zero attached hydrogens (tertiary/aromatic N) is 4. The number of benzene rings is 1. The van der Waals surface area contributed by atoms with Gasteiger partial charge in [0, 0.05) is 30.4 Å². The van der Waals surface area contributed by atoms with E-state index in [1.165, 1.54) is 0 Å². The van der Waals surface area contributed by atoms with Crippen molar-refractivity contribution in [3.05, 3.63) is 47.0 Å². The van der Waals surface area contributed by atoms with Crippen LogP contribution >= 0.6 is 23.2 Å². The number of anilines is 1. The number of pyridine rings is 1. The summed E-state index contributed by atoms with van der Waals surface area (Å²) in [6.45, 7) is 0.875. The zero-order valence-electron chi connectivity index (χ0n) is 16.9. The van der Waals surface area contributed by atoms with Crippen LogP contribution in [0.3, 0.4) is 0 Å². The Hall–Kier alpha value is -2.88. The van der Waals surface area contributed by atoms with Crippen LogP contribution in [0.25, 0.3) is 16.6 Å². The number of carbonyl (C=O) groups excluding carboxylic acids is 1. The number of ether oxygens (including phenoxy) is 2. The summed E-state index contributed by atoms with van der Waals surface area (Å²) in [6.07, 6.45) is 5.53. The third-order valence-corrected chi connectivity index (χ3v) is 6.11. The van der Waals surface area contributed by atoms with E-state index in [4.69, 9.17) is 42.8 Å². The van der Waals surface area contributed by atoms with Crippen LogP contribution in [-0.4, -0.2) is 57.6 Å². The molecule has 0 radical (unpaired) electrons. The van der Waals surface area contributed by atoms with Gasteiger partial charge in [-0.1, -0.05) is 23.2 Å². The lowest BCUT2D eigenvalue weighted by molar-refractivity contribution is -0.170. The Kier molecular flexibility index (Phi) is 6.78. The van der Waals surface area contributed by atoms with E-state index in [2.05, 4.69) is 4.98 Å². The fourth-order valence-electron chi connectivity index (χ4n) is 3.88. The van der Waals surface area contributed by atoms with Gasteiger partial charge in [-0.3, -0.25) is 9.59 Å². The highest BCUT2D eigenvalue weighted by Gasteiger charge is 2.35. The summed E-state index contributed by atoms with van der Waals surface area (Å²) < 4.78 is 12.6. The molecule has 1 N–H and O–H groups in total. The number of aliphatic carboxylic acids is 1. The van der Waals surface area contributed by atoms with Crippen LogP contribution in [0.4, 0.5) is 5.82 Å². The van der Waals surface area contributed by atoms with Gasteiger partial charge in [-0.2, -0.15) is 0 Å². The smallest absolute Gasteiger partial charge is 0.305 e. The van der Waals surface area contributed by atoms with Crippen molar-refractivity contribution in [2.24, 2.45) is 0 Å². The van der Waals surface area contributed by atoms with E-state index in [0.29, 0.717) is 40.8 Å². The van der Waals surface area contributed by atoms with Gasteiger partial charge in [-0.05, 0) is 25.0 Å². The maximum absolute atomic E-state index is 11.1. The lowest BCUT2D eigenvalue weighted by Crippen LogP contribution is -2.42. The van der Waals surface area contributed by atoms with Crippen LogP contribution in [0, 0.1) is 0 Å². The molecule has 1 aromatic carbocycles. The molecule has 11 heteroatoms. The quantitative estimate of drug-likeness (QED) is 0.366. The molecular weight excluding hydrogens is 459 g/mol. The van der Waals surface area contributed by atoms with E-state index in [-0.39, 0.29) is 19.1 Å². The molecule has 0 amide bonds. The summed E-state index contributed by atoms with van der Waals surface area (Å²) in [5.41, 5.74) is 1.34. The Labute approximate surface area is 193 Å². The lowest BCUT2D eigenvalue weighted by atomic mass is 10.1. The number of hydrogen-bond acceptors (Lipinski definition) is 7. The van der Waals surface area contributed by atoms with Crippen LogP contribution in [0.2, 0.25) is 10.0 Å². The number of carbonyl (C=O) groups is 2. The van der Waals surface area contributed by atoms with Gasteiger partial charge in [0.15, 0.2) is 0 Å². The highest BCUT2D eigenvalue weighted by atomic mass is 35.5. The van der Waals surface area contributed by atoms with Crippen molar-refractivity contribution in [2.75, 3.05) is 18.1 Å². The second-order valence-electron chi connectivity index (χ2n) is 7.25. The van der Waals surface area contributed by atoms with Crippen LogP contribution < -0.4 is 4.90 Å². The van der Waals surface area contributed by atoms with Gasteiger partial charge in [0.1, 0.15) is 5.82 Å². The molecule has 1 unspecified atom stereocenters. The molecular formula is C21H20Cl2N4O5. The van der Waals surface area contributed by atoms with E-state index < -0.39 is 12.3 Å². The van der Waals surface area contributed by atoms with Crippen molar-refractivity contribution in [1.29, 1.82) is 0 Å². The van der Waals surface area contributed by atoms with Gasteiger partial charge in [-0.15, -0.1) is 0 Å². The summed E-state index contributed by atoms with van der Waals surface area (Å²) in [6, 6.07) is 5.14. The molecule has 2 aromatic heterocycles. The Balaban J connectivity index is 1.75. The average molecular weight is 479 g/mol. The molecule has 0 saturated carbocycles. The highest BCUT2D eigenvalue weighted by molar-refractivity contribution is 6.45. The third-order valence-electron chi connectivity index (χ3n) is 5.32. The fourth-order valence-corrected chi connectivity index (χ4v) is 4.24. The van der Waals surface area contributed by atoms with Gasteiger partial charge < -0.3 is 24.0 Å². The van der Waals surface area contributed by atoms with Crippen molar-refractivity contribution in [3.63, 3.8) is 0 Å². The maximum atomic E-state index is 11.1. The van der Waals surface area contributed by atoms with Crippen LogP contribution in [0.1, 0.15) is 19.3 Å². The minimum atomic E-state index is -0.995. The molecule has 1 saturated heterocycles. The van der Waals surface area contributed by atoms with Gasteiger partial charge in [-0.25, -0.2) is 9.97 Å². The maximum Gasteiger partial charge on any atom is 0.305 e. The molecule has 2 atom stereocenters. The number of aromatic nitrogens is 3. The summed E-state index contributed by atoms with van der Waals surface area (Å²) in [5.74, 6) is -0.389. The van der Waals surface area contributed by atoms with Crippen molar-refractivity contribution in [3.8, 4) is 5.69 Å². The summed E-state index contributed by atoms with van der Waals surface area (Å²) in [4.78, 5) is 32.8. The van der Waals surface area contributed by atoms with E-state index in [0.717, 1.165) is 17.5 Å². The minimum Gasteiger partial charge on any atom is -0.481 e. The highest BCUT2D eigenvalue weighted by Crippen LogP contribution is 2.37. The molecule has 1 aliphatic heterocycles. The standard InChI is InChI=1S/C21H20Cl2N4O5/c22-14-4-3-13-16(26-8-6-24-11-26)10-17(25-20(13)19(14)23)27-7-1-2-15(27)21(32-12-28)31-9-5-18(29)30/h3-4,6,8,10-12,15,21H,1-2,5,7,9H2,(H,29,30)/t15-,21?/m0/s1. The van der Waals surface area contributed by atoms with E-state index in [1.807, 2.05) is 27.8 Å². The molecule has 1 fully saturated rings. The molecule has 0 bridgehead atoms. The fraction of sp³-hybridized carbons (Fsp3) is 0.333. The largest absolute Gasteiger partial charge is 0.481 e. The first-order valence-corrected chi connectivity index (χ1v) is 10.7. The van der Waals surface area contributed by atoms with E-state index >= 15 is 0 Å². The number of carboxylic acids is 1. The topological polar surface area (TPSA) is 107 Å². The number of halogens is 2. The molecule has 4 rings (SSSR count). The molecule has 3 heterocycles. The van der Waals surface area contributed by atoms with Crippen LogP contribution in [0.15, 0.2) is 36.9 Å². The lowest BCUT2D eigenvalue weighted by Gasteiger charge is -2.31. The summed E-state index contributed by atoms with van der Waals surface area (Å²) >= 11 is 12.7. The Morgan fingerprint density at radius 1 is 1.38 bits per heavy atom. The number of imidazole rings is 1. The number of carboxylic acid groups (broad SMARTS) is 1. The Morgan fingerprint density at radius 3 is 2.94 bits per heavy atom. The first-order valence-electron chi connectivity index (χ1n) is 9.96. The van der Waals surface area contributed by atoms with Gasteiger partial charge in [0.05, 0.1) is 46.6 Å². The van der Waals surface area contributed by atoms with E-state index in [9.17, 15) is 9.59 Å². The van der Waals surface area contributed by atoms with Crippen molar-refractivity contribution >= 4 is 52.4 Å². The molecule has 168 valence electrons. The number of hydrogen-bond donors (Lipinski definition) is 1. The minimum absolute atomic E-state index is 0.0783. The molecule has 1 aliphatic rings. The zero-order chi connectivity index (χ0) is 22.7. The van der Waals surface area contributed by atoms with Gasteiger partial charge in [0.2, 0.25) is 6.29 Å². The van der Waals surface area contributed by atoms with Crippen molar-refractivity contribution in [2.45, 2.75) is 31.6 Å². The zero-order valence-corrected chi connectivity index (χ0v) is 18.4. The second-order valence-corrected chi connectivity index (χ2v) is 8.03. The van der Waals surface area contributed by atoms with Crippen molar-refractivity contribution < 1.29 is 24.2 Å². The molecule has 9 nitrogen and oxygen atoms in total. The second kappa shape index (κ2) is 9.72. The van der Waals surface area contributed by atoms with Crippen LogP contribution in [0.5, 0.6) is 0 Å². The number of fused-ring (bicyclic) bond motifs is 1. The molecule has 3 aromatic rings. The summed E-state index contributed by atoms with van der Waals surface area (Å²) in [5, 5.41) is 10.4. The Bertz CT molecular complexity index is 1130. The predicted octanol–water partition coefficient (Wildman–Crippen LogP) is 3.69. The first kappa shape index (κ1) is 22.3. The third kappa shape index (κ3) is 4.50. The molecule has 0 aliphatic carbocycles. The molecule has 0 spiro atoms. The molecule has 32 heavy (non-hydrogen) atoms. The van der Waals surface area contributed by atoms with Crippen LogP contribution in [-0.2, 0) is 19.1 Å². The van der Waals surface area contributed by atoms with Gasteiger partial charge in [0.25, 0.3) is 6.47 Å². The van der Waals surface area contributed by atoms with Gasteiger partial charge >= 0.3 is 5.97 Å². The van der Waals surface area contributed by atoms with Crippen molar-refractivity contribution in [1.82, 2.24) is 14.5 Å². The Morgan fingerprint density at radius 2 is 2.22 bits per heavy atom. The first-order chi connectivity index (χ1) is 15.5. The average Bonchev–Trinajstić information content (AvgIpc) is 3.47. The monoisotopic (exact) mass is 478 g/mol. The SMILES string of the molecule is O=COC(OCCC(=O)O)[C@@H]1CCCN1c1cc(-n2ccnc2)c2ccc(Cl)c(Cl)c2n1. The number of rotatable bonds is 9. The predicted molar refractivity (Wildman–Crippen MR) is 118 cm³/mol. The normalized spacial score (nSPS) is 16.9. The summed E-state index contributed by atoms with van der Waals surface area (Å²) in [7, 11) is 0. The van der Waals surface area contributed by atoms with E-state index in [1.54, 1.807) is 18.6 Å².